The van der Waals surface area contributed by atoms with Crippen LogP contribution in [0.1, 0.15) is 65.7 Å². The largest absolute Gasteiger partial charge is 0.353 e. The van der Waals surface area contributed by atoms with Crippen molar-refractivity contribution in [2.75, 3.05) is 12.4 Å². The molecule has 3 nitrogen and oxygen atoms in total. The van der Waals surface area contributed by atoms with Gasteiger partial charge in [0.25, 0.3) is 0 Å². The van der Waals surface area contributed by atoms with Gasteiger partial charge in [0.1, 0.15) is 0 Å². The van der Waals surface area contributed by atoms with Gasteiger partial charge in [0.15, 0.2) is 12.1 Å². The van der Waals surface area contributed by atoms with Crippen molar-refractivity contribution < 1.29 is 14.3 Å². The highest BCUT2D eigenvalue weighted by atomic mass is 32.2. The summed E-state index contributed by atoms with van der Waals surface area (Å²) in [5.74, 6) is 1.35. The van der Waals surface area contributed by atoms with E-state index in [9.17, 15) is 4.79 Å². The molecule has 2 rings (SSSR count). The van der Waals surface area contributed by atoms with Gasteiger partial charge in [0.05, 0.1) is 11.5 Å². The lowest BCUT2D eigenvalue weighted by atomic mass is 9.72. The number of unbranched alkanes of at least 4 members (excludes halogenated alkanes) is 1. The Balaban J connectivity index is 1.92. The molecule has 0 amide bonds. The van der Waals surface area contributed by atoms with Crippen molar-refractivity contribution in [1.82, 2.24) is 0 Å². The summed E-state index contributed by atoms with van der Waals surface area (Å²) in [6.07, 6.45) is 7.24. The van der Waals surface area contributed by atoms with E-state index in [0.717, 1.165) is 50.0 Å². The number of hydrogen-bond acceptors (Lipinski definition) is 4. The summed E-state index contributed by atoms with van der Waals surface area (Å²) < 4.78 is 11.8. The highest BCUT2D eigenvalue weighted by Gasteiger charge is 2.43. The maximum absolute atomic E-state index is 12.8. The zero-order valence-corrected chi connectivity index (χ0v) is 15.0. The van der Waals surface area contributed by atoms with Gasteiger partial charge in [-0.15, -0.1) is 11.8 Å². The van der Waals surface area contributed by atoms with Crippen LogP contribution < -0.4 is 0 Å². The summed E-state index contributed by atoms with van der Waals surface area (Å²) in [5, 5.41) is 2.09. The number of carbonyl (C=O) groups excluding carboxylic acids is 1. The zero-order chi connectivity index (χ0) is 16.0. The van der Waals surface area contributed by atoms with Gasteiger partial charge in [0.2, 0.25) is 0 Å². The van der Waals surface area contributed by atoms with Crippen LogP contribution in [0.15, 0.2) is 11.0 Å². The molecule has 0 aromatic carbocycles. The predicted octanol–water partition coefficient (Wildman–Crippen LogP) is 4.70. The van der Waals surface area contributed by atoms with Crippen molar-refractivity contribution in [1.29, 1.82) is 0 Å². The van der Waals surface area contributed by atoms with Gasteiger partial charge in [-0.1, -0.05) is 27.2 Å². The number of hydrogen-bond donors (Lipinski definition) is 0. The highest BCUT2D eigenvalue weighted by Crippen LogP contribution is 2.39. The molecule has 2 atom stereocenters. The Kier molecular flexibility index (Phi) is 6.97. The lowest BCUT2D eigenvalue weighted by molar-refractivity contribution is -0.211. The van der Waals surface area contributed by atoms with Crippen LogP contribution in [0.2, 0.25) is 0 Å². The number of allylic oxidation sites excluding steroid dienone is 1. The van der Waals surface area contributed by atoms with Gasteiger partial charge >= 0.3 is 0 Å². The van der Waals surface area contributed by atoms with E-state index in [1.807, 2.05) is 13.8 Å². The van der Waals surface area contributed by atoms with E-state index in [-0.39, 0.29) is 18.2 Å². The Labute approximate surface area is 139 Å². The maximum Gasteiger partial charge on any atom is 0.167 e. The molecule has 0 N–H and O–H groups in total. The molecule has 0 radical (unpaired) electrons. The molecular formula is C18H30O3S. The Morgan fingerprint density at radius 3 is 2.86 bits per heavy atom. The number of ether oxygens (including phenoxy) is 2. The fourth-order valence-corrected chi connectivity index (χ4v) is 4.06. The average molecular weight is 327 g/mol. The van der Waals surface area contributed by atoms with Crippen LogP contribution in [-0.2, 0) is 14.3 Å². The second-order valence-electron chi connectivity index (χ2n) is 6.88. The number of Topliss-reactive ketones (excluding diaryl/α,β-unsaturated/α-hetero) is 1. The molecule has 126 valence electrons. The summed E-state index contributed by atoms with van der Waals surface area (Å²) in [4.78, 5) is 12.8. The van der Waals surface area contributed by atoms with Crippen molar-refractivity contribution >= 4 is 17.5 Å². The van der Waals surface area contributed by atoms with Crippen molar-refractivity contribution in [3.63, 3.8) is 0 Å². The van der Waals surface area contributed by atoms with Gasteiger partial charge in [-0.25, -0.2) is 0 Å². The van der Waals surface area contributed by atoms with Gasteiger partial charge in [-0.3, -0.25) is 4.79 Å². The minimum absolute atomic E-state index is 0.0270. The van der Waals surface area contributed by atoms with E-state index in [4.69, 9.17) is 9.47 Å². The first-order valence-electron chi connectivity index (χ1n) is 8.68. The molecule has 4 heteroatoms. The van der Waals surface area contributed by atoms with E-state index < -0.39 is 5.41 Å². The van der Waals surface area contributed by atoms with E-state index in [1.165, 1.54) is 12.8 Å². The molecule has 1 aliphatic carbocycles. The molecule has 0 bridgehead atoms. The molecule has 1 heterocycles. The van der Waals surface area contributed by atoms with Crippen LogP contribution in [0.4, 0.5) is 0 Å². The minimum atomic E-state index is -0.448. The maximum atomic E-state index is 12.8. The topological polar surface area (TPSA) is 35.5 Å². The zero-order valence-electron chi connectivity index (χ0n) is 14.2. The van der Waals surface area contributed by atoms with E-state index in [1.54, 1.807) is 11.8 Å². The second kappa shape index (κ2) is 8.51. The van der Waals surface area contributed by atoms with Crippen LogP contribution in [0, 0.1) is 5.41 Å². The van der Waals surface area contributed by atoms with Gasteiger partial charge in [-0.2, -0.15) is 0 Å². The van der Waals surface area contributed by atoms with E-state index in [2.05, 4.69) is 12.3 Å². The van der Waals surface area contributed by atoms with Crippen LogP contribution in [0.3, 0.4) is 0 Å². The van der Waals surface area contributed by atoms with Gasteiger partial charge in [-0.05, 0) is 49.7 Å². The lowest BCUT2D eigenvalue weighted by Crippen LogP contribution is -2.46. The Morgan fingerprint density at radius 1 is 1.36 bits per heavy atom. The Hall–Kier alpha value is -0.320. The molecule has 0 aromatic heterocycles. The number of carbonyl (C=O) groups is 1. The van der Waals surface area contributed by atoms with Gasteiger partial charge < -0.3 is 9.47 Å². The van der Waals surface area contributed by atoms with Crippen molar-refractivity contribution in [3.05, 3.63) is 11.0 Å². The molecule has 1 aliphatic heterocycles. The SMILES string of the molecule is CCCCSC=C1CC[C@H](OC2CCCCO2)C(C)(C)C1=O. The molecule has 2 fully saturated rings. The van der Waals surface area contributed by atoms with Gasteiger partial charge in [0, 0.05) is 12.2 Å². The first kappa shape index (κ1) is 18.0. The quantitative estimate of drug-likeness (QED) is 0.523. The van der Waals surface area contributed by atoms with E-state index in [0.29, 0.717) is 0 Å². The summed E-state index contributed by atoms with van der Waals surface area (Å²) >= 11 is 1.78. The van der Waals surface area contributed by atoms with Crippen LogP contribution in [0.25, 0.3) is 0 Å². The Morgan fingerprint density at radius 2 is 2.18 bits per heavy atom. The second-order valence-corrected chi connectivity index (χ2v) is 7.86. The number of thioether (sulfide) groups is 1. The third-order valence-corrected chi connectivity index (χ3v) is 5.63. The third kappa shape index (κ3) is 4.59. The molecule has 2 aliphatic rings. The monoisotopic (exact) mass is 326 g/mol. The summed E-state index contributed by atoms with van der Waals surface area (Å²) in [7, 11) is 0. The highest BCUT2D eigenvalue weighted by molar-refractivity contribution is 8.02. The molecule has 1 unspecified atom stereocenters. The third-order valence-electron chi connectivity index (χ3n) is 4.65. The van der Waals surface area contributed by atoms with Crippen LogP contribution >= 0.6 is 11.8 Å². The van der Waals surface area contributed by atoms with Crippen molar-refractivity contribution in [3.8, 4) is 0 Å². The van der Waals surface area contributed by atoms with Crippen LogP contribution in [0.5, 0.6) is 0 Å². The molecule has 0 spiro atoms. The first-order valence-corrected chi connectivity index (χ1v) is 9.73. The normalized spacial score (nSPS) is 30.7. The lowest BCUT2D eigenvalue weighted by Gasteiger charge is -2.40. The fourth-order valence-electron chi connectivity index (χ4n) is 3.06. The predicted molar refractivity (Wildman–Crippen MR) is 91.9 cm³/mol. The molecule has 1 saturated carbocycles. The standard InChI is InChI=1S/C18H30O3S/c1-4-5-12-22-13-14-9-10-15(18(2,3)17(14)19)21-16-8-6-7-11-20-16/h13,15-16H,4-12H2,1-3H3/t15-,16?/m0/s1. The minimum Gasteiger partial charge on any atom is -0.353 e. The molecule has 22 heavy (non-hydrogen) atoms. The van der Waals surface area contributed by atoms with Crippen molar-refractivity contribution in [2.24, 2.45) is 5.41 Å². The first-order chi connectivity index (χ1) is 10.6. The molecular weight excluding hydrogens is 296 g/mol. The summed E-state index contributed by atoms with van der Waals surface area (Å²) in [5.41, 5.74) is 0.534. The van der Waals surface area contributed by atoms with Crippen LogP contribution in [-0.4, -0.2) is 30.5 Å². The molecule has 0 aromatic rings. The Bertz CT molecular complexity index is 397. The summed E-state index contributed by atoms with van der Waals surface area (Å²) in [6.45, 7) is 7.02. The summed E-state index contributed by atoms with van der Waals surface area (Å²) in [6, 6.07) is 0. The number of rotatable bonds is 6. The molecule has 1 saturated heterocycles. The van der Waals surface area contributed by atoms with E-state index >= 15 is 0 Å². The average Bonchev–Trinajstić information content (AvgIpc) is 2.52. The fraction of sp³-hybridized carbons (Fsp3) is 0.833. The smallest absolute Gasteiger partial charge is 0.167 e. The number of ketones is 1. The van der Waals surface area contributed by atoms with Crippen molar-refractivity contribution in [2.45, 2.75) is 78.1 Å².